The fourth-order valence-electron chi connectivity index (χ4n) is 1.94. The summed E-state index contributed by atoms with van der Waals surface area (Å²) in [6.45, 7) is 3.28. The van der Waals surface area contributed by atoms with E-state index in [-0.39, 0.29) is 5.43 Å². The van der Waals surface area contributed by atoms with Gasteiger partial charge in [0.25, 0.3) is 0 Å². The summed E-state index contributed by atoms with van der Waals surface area (Å²) in [7, 11) is 0. The van der Waals surface area contributed by atoms with E-state index < -0.39 is 11.7 Å². The molecule has 1 aromatic carbocycles. The molecule has 0 spiro atoms. The van der Waals surface area contributed by atoms with Crippen LogP contribution in [-0.2, 0) is 6.18 Å². The quantitative estimate of drug-likeness (QED) is 0.840. The lowest BCUT2D eigenvalue weighted by molar-refractivity contribution is -0.137. The van der Waals surface area contributed by atoms with Crippen molar-refractivity contribution in [2.75, 3.05) is 0 Å². The van der Waals surface area contributed by atoms with Gasteiger partial charge >= 0.3 is 6.18 Å². The summed E-state index contributed by atoms with van der Waals surface area (Å²) >= 11 is 0. The molecule has 0 aliphatic rings. The lowest BCUT2D eigenvalue weighted by Crippen LogP contribution is -2.06. The zero-order chi connectivity index (χ0) is 14.2. The predicted octanol–water partition coefficient (Wildman–Crippen LogP) is 3.68. The van der Waals surface area contributed by atoms with Crippen molar-refractivity contribution in [1.29, 1.82) is 0 Å². The first kappa shape index (κ1) is 13.4. The summed E-state index contributed by atoms with van der Waals surface area (Å²) < 4.78 is 38.3. The van der Waals surface area contributed by atoms with Gasteiger partial charge in [0.2, 0.25) is 0 Å². The Morgan fingerprint density at radius 1 is 1.00 bits per heavy atom. The number of hydrogen-bond donors (Lipinski definition) is 1. The number of halogens is 3. The third kappa shape index (κ3) is 3.05. The van der Waals surface area contributed by atoms with Crippen molar-refractivity contribution in [2.45, 2.75) is 20.0 Å². The van der Waals surface area contributed by atoms with E-state index in [1.165, 1.54) is 12.1 Å². The smallest absolute Gasteiger partial charge is 0.358 e. The zero-order valence-corrected chi connectivity index (χ0v) is 10.4. The first-order chi connectivity index (χ1) is 8.75. The minimum Gasteiger partial charge on any atom is -0.358 e. The van der Waals surface area contributed by atoms with Gasteiger partial charge in [0.1, 0.15) is 0 Å². The topological polar surface area (TPSA) is 32.9 Å². The van der Waals surface area contributed by atoms with Crippen LogP contribution >= 0.6 is 0 Å². The molecule has 2 aromatic rings. The van der Waals surface area contributed by atoms with Crippen molar-refractivity contribution in [3.8, 4) is 11.3 Å². The van der Waals surface area contributed by atoms with Crippen LogP contribution in [0, 0.1) is 13.8 Å². The molecule has 1 heterocycles. The van der Waals surface area contributed by atoms with Crippen LogP contribution in [0.3, 0.4) is 0 Å². The van der Waals surface area contributed by atoms with E-state index in [0.29, 0.717) is 22.5 Å². The SMILES string of the molecule is Cc1cc(-c2cc(=O)cc(C)[nH]2)cc(C(F)(F)F)c1. The van der Waals surface area contributed by atoms with E-state index in [2.05, 4.69) is 4.98 Å². The lowest BCUT2D eigenvalue weighted by atomic mass is 10.0. The maximum atomic E-state index is 12.8. The van der Waals surface area contributed by atoms with E-state index >= 15 is 0 Å². The summed E-state index contributed by atoms with van der Waals surface area (Å²) in [6, 6.07) is 6.42. The number of aromatic nitrogens is 1. The fraction of sp³-hybridized carbons (Fsp3) is 0.214. The number of rotatable bonds is 1. The number of hydrogen-bond acceptors (Lipinski definition) is 1. The maximum absolute atomic E-state index is 12.8. The standard InChI is InChI=1S/C14H12F3NO/c1-8-3-10(6-11(4-8)14(15,16)17)13-7-12(19)5-9(2)18-13/h3-7H,1-2H3,(H,18,19). The number of H-pyrrole nitrogens is 1. The molecule has 0 atom stereocenters. The van der Waals surface area contributed by atoms with Gasteiger partial charge in [0, 0.05) is 23.5 Å². The van der Waals surface area contributed by atoms with Gasteiger partial charge in [-0.3, -0.25) is 4.79 Å². The Morgan fingerprint density at radius 2 is 1.68 bits per heavy atom. The van der Waals surface area contributed by atoms with Crippen LogP contribution in [0.2, 0.25) is 0 Å². The molecule has 0 radical (unpaired) electrons. The summed E-state index contributed by atoms with van der Waals surface area (Å²) in [5.74, 6) is 0. The summed E-state index contributed by atoms with van der Waals surface area (Å²) in [4.78, 5) is 14.3. The Bertz CT molecular complexity index is 671. The average molecular weight is 267 g/mol. The second-order valence-electron chi connectivity index (χ2n) is 4.50. The molecule has 0 unspecified atom stereocenters. The molecule has 0 aliphatic carbocycles. The van der Waals surface area contributed by atoms with Crippen molar-refractivity contribution in [1.82, 2.24) is 4.98 Å². The van der Waals surface area contributed by atoms with E-state index in [9.17, 15) is 18.0 Å². The molecular weight excluding hydrogens is 255 g/mol. The van der Waals surface area contributed by atoms with Crippen LogP contribution in [0.15, 0.2) is 35.1 Å². The van der Waals surface area contributed by atoms with Gasteiger partial charge in [-0.15, -0.1) is 0 Å². The molecule has 0 saturated heterocycles. The van der Waals surface area contributed by atoms with Crippen LogP contribution < -0.4 is 5.43 Å². The minimum atomic E-state index is -4.40. The molecule has 1 aromatic heterocycles. The fourth-order valence-corrected chi connectivity index (χ4v) is 1.94. The van der Waals surface area contributed by atoms with Crippen molar-refractivity contribution in [3.05, 3.63) is 57.4 Å². The number of nitrogens with one attached hydrogen (secondary N) is 1. The Labute approximate surface area is 107 Å². The lowest BCUT2D eigenvalue weighted by Gasteiger charge is -2.11. The third-order valence-corrected chi connectivity index (χ3v) is 2.69. The second kappa shape index (κ2) is 4.57. The largest absolute Gasteiger partial charge is 0.416 e. The first-order valence-corrected chi connectivity index (χ1v) is 5.66. The van der Waals surface area contributed by atoms with Crippen molar-refractivity contribution >= 4 is 0 Å². The number of pyridine rings is 1. The molecule has 2 nitrogen and oxygen atoms in total. The summed E-state index contributed by atoms with van der Waals surface area (Å²) in [5, 5.41) is 0. The highest BCUT2D eigenvalue weighted by atomic mass is 19.4. The molecule has 2 rings (SSSR count). The summed E-state index contributed by atoms with van der Waals surface area (Å²) in [6.07, 6.45) is -4.40. The zero-order valence-electron chi connectivity index (χ0n) is 10.4. The number of benzene rings is 1. The molecule has 0 saturated carbocycles. The Kier molecular flexibility index (Phi) is 3.22. The van der Waals surface area contributed by atoms with Gasteiger partial charge in [-0.05, 0) is 43.2 Å². The molecule has 0 aliphatic heterocycles. The molecule has 5 heteroatoms. The minimum absolute atomic E-state index is 0.235. The molecular formula is C14H12F3NO. The maximum Gasteiger partial charge on any atom is 0.416 e. The Hall–Kier alpha value is -2.04. The summed E-state index contributed by atoms with van der Waals surface area (Å²) in [5.41, 5.74) is 0.892. The Morgan fingerprint density at radius 3 is 2.26 bits per heavy atom. The van der Waals surface area contributed by atoms with E-state index in [1.54, 1.807) is 19.9 Å². The molecule has 19 heavy (non-hydrogen) atoms. The van der Waals surface area contributed by atoms with Crippen molar-refractivity contribution in [2.24, 2.45) is 0 Å². The molecule has 1 N–H and O–H groups in total. The monoisotopic (exact) mass is 267 g/mol. The van der Waals surface area contributed by atoms with Crippen LogP contribution in [0.1, 0.15) is 16.8 Å². The highest BCUT2D eigenvalue weighted by Gasteiger charge is 2.31. The highest BCUT2D eigenvalue weighted by molar-refractivity contribution is 5.61. The molecule has 0 bridgehead atoms. The van der Waals surface area contributed by atoms with Gasteiger partial charge in [0.05, 0.1) is 5.56 Å². The van der Waals surface area contributed by atoms with E-state index in [0.717, 1.165) is 12.1 Å². The van der Waals surface area contributed by atoms with Crippen LogP contribution in [0.25, 0.3) is 11.3 Å². The first-order valence-electron chi connectivity index (χ1n) is 5.66. The highest BCUT2D eigenvalue weighted by Crippen LogP contribution is 2.32. The van der Waals surface area contributed by atoms with Gasteiger partial charge in [-0.1, -0.05) is 0 Å². The van der Waals surface area contributed by atoms with E-state index in [4.69, 9.17) is 0 Å². The van der Waals surface area contributed by atoms with Gasteiger partial charge in [0.15, 0.2) is 5.43 Å². The van der Waals surface area contributed by atoms with Crippen molar-refractivity contribution in [3.63, 3.8) is 0 Å². The Balaban J connectivity index is 2.62. The molecule has 0 fully saturated rings. The predicted molar refractivity (Wildman–Crippen MR) is 67.0 cm³/mol. The molecule has 100 valence electrons. The number of alkyl halides is 3. The van der Waals surface area contributed by atoms with E-state index in [1.807, 2.05) is 0 Å². The van der Waals surface area contributed by atoms with Crippen LogP contribution in [0.4, 0.5) is 13.2 Å². The number of aryl methyl sites for hydroxylation is 2. The van der Waals surface area contributed by atoms with Crippen LogP contribution in [-0.4, -0.2) is 4.98 Å². The van der Waals surface area contributed by atoms with Gasteiger partial charge in [-0.2, -0.15) is 13.2 Å². The molecule has 0 amide bonds. The average Bonchev–Trinajstić information content (AvgIpc) is 2.25. The van der Waals surface area contributed by atoms with Crippen molar-refractivity contribution < 1.29 is 13.2 Å². The third-order valence-electron chi connectivity index (χ3n) is 2.69. The van der Waals surface area contributed by atoms with Crippen LogP contribution in [0.5, 0.6) is 0 Å². The number of aromatic amines is 1. The van der Waals surface area contributed by atoms with Gasteiger partial charge in [-0.25, -0.2) is 0 Å². The van der Waals surface area contributed by atoms with Gasteiger partial charge < -0.3 is 4.98 Å². The second-order valence-corrected chi connectivity index (χ2v) is 4.50. The normalized spacial score (nSPS) is 11.6.